The van der Waals surface area contributed by atoms with Gasteiger partial charge in [0.2, 0.25) is 0 Å². The topological polar surface area (TPSA) is 55.1 Å². The van der Waals surface area contributed by atoms with E-state index in [0.29, 0.717) is 12.1 Å². The summed E-state index contributed by atoms with van der Waals surface area (Å²) in [5.41, 5.74) is 1.73. The molecule has 10 heteroatoms. The molecule has 3 nitrogen and oxygen atoms in total. The van der Waals surface area contributed by atoms with Crippen LogP contribution in [0.1, 0.15) is 21.5 Å². The quantitative estimate of drug-likeness (QED) is 0.553. The van der Waals surface area contributed by atoms with Crippen LogP contribution in [-0.4, -0.2) is 5.91 Å². The van der Waals surface area contributed by atoms with E-state index in [1.54, 1.807) is 0 Å². The predicted octanol–water partition coefficient (Wildman–Crippen LogP) is 5.21. The number of alkyl halides is 6. The number of rotatable bonds is 2. The SMILES string of the molecule is Nc1ccc(NC(=O)c2cc(C(F)(F)F)cc(C(F)(F)F)c2)c(Cl)c1. The first-order valence-corrected chi connectivity index (χ1v) is 6.91. The average Bonchev–Trinajstić information content (AvgIpc) is 2.47. The summed E-state index contributed by atoms with van der Waals surface area (Å²) in [6, 6.07) is 4.49. The maximum atomic E-state index is 12.8. The maximum Gasteiger partial charge on any atom is 0.416 e. The van der Waals surface area contributed by atoms with E-state index < -0.39 is 35.0 Å². The number of nitrogens with one attached hydrogen (secondary N) is 1. The normalized spacial score (nSPS) is 12.1. The van der Waals surface area contributed by atoms with Gasteiger partial charge in [0.1, 0.15) is 0 Å². The number of carbonyl (C=O) groups excluding carboxylic acids is 1. The summed E-state index contributed by atoms with van der Waals surface area (Å²) in [6.45, 7) is 0. The summed E-state index contributed by atoms with van der Waals surface area (Å²) in [4.78, 5) is 12.1. The Bertz CT molecular complexity index is 784. The van der Waals surface area contributed by atoms with Crippen molar-refractivity contribution in [2.45, 2.75) is 12.4 Å². The van der Waals surface area contributed by atoms with E-state index in [-0.39, 0.29) is 22.5 Å². The third kappa shape index (κ3) is 4.56. The molecule has 0 atom stereocenters. The summed E-state index contributed by atoms with van der Waals surface area (Å²) in [7, 11) is 0. The van der Waals surface area contributed by atoms with Crippen LogP contribution in [0.4, 0.5) is 37.7 Å². The van der Waals surface area contributed by atoms with Crippen LogP contribution in [0.25, 0.3) is 0 Å². The fourth-order valence-electron chi connectivity index (χ4n) is 1.91. The first-order chi connectivity index (χ1) is 11.4. The van der Waals surface area contributed by atoms with Crippen molar-refractivity contribution in [3.8, 4) is 0 Å². The Hall–Kier alpha value is -2.42. The van der Waals surface area contributed by atoms with Gasteiger partial charge in [0.15, 0.2) is 0 Å². The zero-order chi connectivity index (χ0) is 19.0. The van der Waals surface area contributed by atoms with Gasteiger partial charge < -0.3 is 11.1 Å². The molecule has 0 bridgehead atoms. The van der Waals surface area contributed by atoms with Crippen LogP contribution in [0.5, 0.6) is 0 Å². The van der Waals surface area contributed by atoms with Crippen molar-refractivity contribution < 1.29 is 31.1 Å². The summed E-state index contributed by atoms with van der Waals surface area (Å²) in [5, 5.41) is 2.13. The smallest absolute Gasteiger partial charge is 0.399 e. The molecule has 0 spiro atoms. The molecule has 1 amide bonds. The second-order valence-corrected chi connectivity index (χ2v) is 5.40. The van der Waals surface area contributed by atoms with E-state index >= 15 is 0 Å². The molecular formula is C15H9ClF6N2O. The molecule has 25 heavy (non-hydrogen) atoms. The molecule has 2 rings (SSSR count). The van der Waals surface area contributed by atoms with E-state index in [0.717, 1.165) is 0 Å². The molecule has 2 aromatic carbocycles. The summed E-state index contributed by atoms with van der Waals surface area (Å²) in [6.07, 6.45) is -10.1. The largest absolute Gasteiger partial charge is 0.416 e. The maximum absolute atomic E-state index is 12.8. The number of amides is 1. The molecule has 0 radical (unpaired) electrons. The van der Waals surface area contributed by atoms with Crippen molar-refractivity contribution in [2.75, 3.05) is 11.1 Å². The molecule has 0 aliphatic heterocycles. The van der Waals surface area contributed by atoms with E-state index in [1.807, 2.05) is 0 Å². The number of hydrogen-bond donors (Lipinski definition) is 2. The van der Waals surface area contributed by atoms with Gasteiger partial charge >= 0.3 is 12.4 Å². The summed E-state index contributed by atoms with van der Waals surface area (Å²) >= 11 is 5.81. The van der Waals surface area contributed by atoms with Crippen molar-refractivity contribution in [1.29, 1.82) is 0 Å². The van der Waals surface area contributed by atoms with Crippen molar-refractivity contribution in [2.24, 2.45) is 0 Å². The molecular weight excluding hydrogens is 374 g/mol. The third-order valence-corrected chi connectivity index (χ3v) is 3.40. The Labute approximate surface area is 142 Å². The second kappa shape index (κ2) is 6.47. The Morgan fingerprint density at radius 3 is 1.88 bits per heavy atom. The minimum atomic E-state index is -5.05. The van der Waals surface area contributed by atoms with Crippen molar-refractivity contribution in [1.82, 2.24) is 0 Å². The van der Waals surface area contributed by atoms with Crippen LogP contribution >= 0.6 is 11.6 Å². The fraction of sp³-hybridized carbons (Fsp3) is 0.133. The number of hydrogen-bond acceptors (Lipinski definition) is 2. The van der Waals surface area contributed by atoms with E-state index in [1.165, 1.54) is 18.2 Å². The molecule has 0 aromatic heterocycles. The predicted molar refractivity (Wildman–Crippen MR) is 80.3 cm³/mol. The van der Waals surface area contributed by atoms with Gasteiger partial charge in [-0.25, -0.2) is 0 Å². The lowest BCUT2D eigenvalue weighted by Crippen LogP contribution is -2.17. The highest BCUT2D eigenvalue weighted by atomic mass is 35.5. The lowest BCUT2D eigenvalue weighted by atomic mass is 10.0. The minimum absolute atomic E-state index is 0.00756. The van der Waals surface area contributed by atoms with Crippen LogP contribution in [0.3, 0.4) is 0 Å². The van der Waals surface area contributed by atoms with Crippen molar-refractivity contribution >= 4 is 28.9 Å². The lowest BCUT2D eigenvalue weighted by Gasteiger charge is -2.14. The molecule has 3 N–H and O–H groups in total. The zero-order valence-corrected chi connectivity index (χ0v) is 12.9. The van der Waals surface area contributed by atoms with Gasteiger partial charge in [0.05, 0.1) is 21.8 Å². The lowest BCUT2D eigenvalue weighted by molar-refractivity contribution is -0.143. The van der Waals surface area contributed by atoms with Gasteiger partial charge in [-0.3, -0.25) is 4.79 Å². The van der Waals surface area contributed by atoms with E-state index in [2.05, 4.69) is 5.32 Å². The molecule has 2 aromatic rings. The fourth-order valence-corrected chi connectivity index (χ4v) is 2.15. The molecule has 0 unspecified atom stereocenters. The standard InChI is InChI=1S/C15H9ClF6N2O/c16-11-6-10(23)1-2-12(11)24-13(25)7-3-8(14(17,18)19)5-9(4-7)15(20,21)22/h1-6H,23H2,(H,24,25). The molecule has 0 saturated heterocycles. The number of carbonyl (C=O) groups is 1. The number of halogens is 7. The van der Waals surface area contributed by atoms with Gasteiger partial charge in [-0.15, -0.1) is 0 Å². The first kappa shape index (κ1) is 18.9. The molecule has 0 saturated carbocycles. The molecule has 134 valence electrons. The minimum Gasteiger partial charge on any atom is -0.399 e. The van der Waals surface area contributed by atoms with Crippen LogP contribution < -0.4 is 11.1 Å². The second-order valence-electron chi connectivity index (χ2n) is 4.99. The summed E-state index contributed by atoms with van der Waals surface area (Å²) in [5.74, 6) is -1.18. The third-order valence-electron chi connectivity index (χ3n) is 3.09. The van der Waals surface area contributed by atoms with Crippen molar-refractivity contribution in [3.63, 3.8) is 0 Å². The highest BCUT2D eigenvalue weighted by Gasteiger charge is 2.37. The Balaban J connectivity index is 2.44. The summed E-state index contributed by atoms with van der Waals surface area (Å²) < 4.78 is 76.8. The van der Waals surface area contributed by atoms with E-state index in [4.69, 9.17) is 17.3 Å². The monoisotopic (exact) mass is 382 g/mol. The van der Waals surface area contributed by atoms with E-state index in [9.17, 15) is 31.1 Å². The van der Waals surface area contributed by atoms with Crippen LogP contribution in [0, 0.1) is 0 Å². The first-order valence-electron chi connectivity index (χ1n) is 6.54. The van der Waals surface area contributed by atoms with Crippen molar-refractivity contribution in [3.05, 3.63) is 58.1 Å². The van der Waals surface area contributed by atoms with Gasteiger partial charge in [-0.2, -0.15) is 26.3 Å². The molecule has 0 aliphatic rings. The molecule has 0 aliphatic carbocycles. The van der Waals surface area contributed by atoms with Crippen LogP contribution in [0.15, 0.2) is 36.4 Å². The Morgan fingerprint density at radius 2 is 1.44 bits per heavy atom. The number of nitrogens with two attached hydrogens (primary N) is 1. The van der Waals surface area contributed by atoms with Gasteiger partial charge in [0.25, 0.3) is 5.91 Å². The number of anilines is 2. The van der Waals surface area contributed by atoms with Gasteiger partial charge in [-0.1, -0.05) is 11.6 Å². The number of benzene rings is 2. The highest BCUT2D eigenvalue weighted by molar-refractivity contribution is 6.34. The Morgan fingerprint density at radius 1 is 0.920 bits per heavy atom. The number of nitrogen functional groups attached to an aromatic ring is 1. The zero-order valence-electron chi connectivity index (χ0n) is 12.1. The molecule has 0 heterocycles. The van der Waals surface area contributed by atoms with Gasteiger partial charge in [0, 0.05) is 11.3 Å². The Kier molecular flexibility index (Phi) is 4.90. The van der Waals surface area contributed by atoms with Gasteiger partial charge in [-0.05, 0) is 36.4 Å². The molecule has 0 fully saturated rings. The van der Waals surface area contributed by atoms with Crippen LogP contribution in [0.2, 0.25) is 5.02 Å². The highest BCUT2D eigenvalue weighted by Crippen LogP contribution is 2.36. The van der Waals surface area contributed by atoms with Crippen LogP contribution in [-0.2, 0) is 12.4 Å². The average molecular weight is 383 g/mol.